The Bertz CT molecular complexity index is 2590. The minimum absolute atomic E-state index is 0.0456. The number of esters is 1. The molecule has 0 saturated carbocycles. The predicted molar refractivity (Wildman–Crippen MR) is 243 cm³/mol. The lowest BCUT2D eigenvalue weighted by molar-refractivity contribution is -0.396. The third-order valence-corrected chi connectivity index (χ3v) is 11.7. The lowest BCUT2D eigenvalue weighted by Gasteiger charge is -2.33. The van der Waals surface area contributed by atoms with Crippen LogP contribution in [0.15, 0.2) is 101 Å². The Hall–Kier alpha value is -6.36. The summed E-state index contributed by atoms with van der Waals surface area (Å²) in [6.07, 6.45) is 3.64. The van der Waals surface area contributed by atoms with E-state index in [0.717, 1.165) is 37.6 Å². The van der Waals surface area contributed by atoms with Crippen LogP contribution in [0.25, 0.3) is 36.5 Å². The topological polar surface area (TPSA) is 72.7 Å². The van der Waals surface area contributed by atoms with Gasteiger partial charge in [0, 0.05) is 13.0 Å². The maximum atomic E-state index is 14.1. The molecule has 1 aliphatic heterocycles. The van der Waals surface area contributed by atoms with Crippen molar-refractivity contribution >= 4 is 59.4 Å². The number of ether oxygens (including phenoxy) is 3. The Balaban J connectivity index is 1.08. The van der Waals surface area contributed by atoms with Crippen LogP contribution in [-0.2, 0) is 24.1 Å². The molecule has 7 nitrogen and oxygen atoms in total. The summed E-state index contributed by atoms with van der Waals surface area (Å²) in [5.74, 6) is -18.2. The van der Waals surface area contributed by atoms with Crippen molar-refractivity contribution in [2.45, 2.75) is 70.0 Å². The first-order valence-electron chi connectivity index (χ1n) is 21.2. The summed E-state index contributed by atoms with van der Waals surface area (Å²) in [7, 11) is 1.35. The highest BCUT2D eigenvalue weighted by Gasteiger charge is 2.81. The van der Waals surface area contributed by atoms with E-state index in [1.807, 2.05) is 105 Å². The third-order valence-electron chi connectivity index (χ3n) is 10.6. The Morgan fingerprint density at radius 3 is 1.72 bits per heavy atom. The first-order valence-corrected chi connectivity index (χ1v) is 22.0. The number of benzene rings is 4. The Morgan fingerprint density at radius 2 is 1.19 bits per heavy atom. The molecule has 0 radical (unpaired) electrons. The molecule has 0 spiro atoms. The van der Waals surface area contributed by atoms with E-state index in [1.54, 1.807) is 28.5 Å². The van der Waals surface area contributed by atoms with Gasteiger partial charge >= 0.3 is 29.9 Å². The summed E-state index contributed by atoms with van der Waals surface area (Å²) in [4.78, 5) is 13.5. The number of carbonyl (C=O) groups is 1. The maximum absolute atomic E-state index is 14.1. The summed E-state index contributed by atoms with van der Waals surface area (Å²) in [5, 5.41) is 10.6. The van der Waals surface area contributed by atoms with Crippen LogP contribution in [0, 0.1) is 0 Å². The monoisotopic (exact) mass is 955 g/mol. The minimum Gasteiger partial charge on any atom is -0.485 e. The molecular weight excluding hydrogens is 910 g/mol. The lowest BCUT2D eigenvalue weighted by Crippen LogP contribution is -2.60. The summed E-state index contributed by atoms with van der Waals surface area (Å²) in [6, 6.07) is 26.7. The van der Waals surface area contributed by atoms with E-state index < -0.39 is 36.8 Å². The van der Waals surface area contributed by atoms with Crippen molar-refractivity contribution in [2.24, 2.45) is 10.3 Å². The van der Waals surface area contributed by atoms with Crippen LogP contribution in [0.4, 0.5) is 45.2 Å². The number of thiophene rings is 1. The van der Waals surface area contributed by atoms with Gasteiger partial charge in [-0.2, -0.15) is 39.5 Å². The van der Waals surface area contributed by atoms with E-state index in [1.165, 1.54) is 31.4 Å². The molecule has 5 aromatic rings. The molecule has 0 unspecified atom stereocenters. The van der Waals surface area contributed by atoms with E-state index in [9.17, 15) is 44.3 Å². The summed E-state index contributed by atoms with van der Waals surface area (Å²) in [6.45, 7) is 5.49. The molecule has 2 heterocycles. The molecule has 0 atom stereocenters. The summed E-state index contributed by atoms with van der Waals surface area (Å²) >= 11 is 1.54. The molecule has 17 heteroatoms. The van der Waals surface area contributed by atoms with Gasteiger partial charge in [-0.05, 0) is 94.6 Å². The predicted octanol–water partition coefficient (Wildman–Crippen LogP) is 14.7. The number of fused-ring (bicyclic) bond motifs is 1. The summed E-state index contributed by atoms with van der Waals surface area (Å²) < 4.78 is 136. The highest BCUT2D eigenvalue weighted by molar-refractivity contribution is 7.14. The van der Waals surface area contributed by atoms with Crippen molar-refractivity contribution in [2.75, 3.05) is 26.9 Å². The van der Waals surface area contributed by atoms with Crippen LogP contribution in [0.1, 0.15) is 85.7 Å². The van der Waals surface area contributed by atoms with Crippen LogP contribution in [0.3, 0.4) is 0 Å². The van der Waals surface area contributed by atoms with Gasteiger partial charge in [0.15, 0.2) is 11.5 Å². The fraction of sp³-hybridized carbons (Fsp3) is 0.300. The van der Waals surface area contributed by atoms with Crippen molar-refractivity contribution in [3.63, 3.8) is 0 Å². The molecular formula is C50H46F9N3O4S. The minimum atomic E-state index is -6.91. The van der Waals surface area contributed by atoms with Gasteiger partial charge in [-0.3, -0.25) is 5.01 Å². The van der Waals surface area contributed by atoms with E-state index in [0.29, 0.717) is 60.9 Å². The van der Waals surface area contributed by atoms with E-state index in [4.69, 9.17) is 14.2 Å². The lowest BCUT2D eigenvalue weighted by atomic mass is 9.97. The molecule has 0 aliphatic carbocycles. The average Bonchev–Trinajstić information content (AvgIpc) is 3.68. The molecule has 0 amide bonds. The molecule has 0 saturated heterocycles. The first kappa shape index (κ1) is 50.1. The smallest absolute Gasteiger partial charge is 0.460 e. The number of methoxy groups -OCH3 is 1. The number of rotatable bonds is 19. The van der Waals surface area contributed by atoms with Crippen molar-refractivity contribution in [3.05, 3.63) is 145 Å². The second-order valence-corrected chi connectivity index (χ2v) is 16.5. The standard InChI is InChI=1S/C50H46F9N3O4S/c1-4-28-62(32-38-14-12-36(13-15-38)26-27-47(51,52)48(53,54)49(55,56)50(57,58)59)61-60-41-23-18-37(31-39(41)5-2)20-25-43-45-44(65-29-30-66-45)42(67-43)24-19-34-9-6-33(7-10-34)8-11-35-16-21-40(22-17-35)46(63)64-3/h6-25,31H,4-5,26-30,32H2,1-3H3/b11-8+,24-19+,25-20+,61-60?. The molecule has 0 bridgehead atoms. The Morgan fingerprint density at radius 1 is 0.687 bits per heavy atom. The number of hydrogen-bond donors (Lipinski definition) is 0. The fourth-order valence-electron chi connectivity index (χ4n) is 6.82. The fourth-order valence-corrected chi connectivity index (χ4v) is 7.82. The number of halogens is 9. The van der Waals surface area contributed by atoms with Gasteiger partial charge in [0.05, 0.1) is 34.7 Å². The molecule has 4 aromatic carbocycles. The zero-order valence-electron chi connectivity index (χ0n) is 36.6. The van der Waals surface area contributed by atoms with Crippen molar-refractivity contribution in [3.8, 4) is 11.5 Å². The van der Waals surface area contributed by atoms with Crippen LogP contribution in [-0.4, -0.2) is 61.8 Å². The van der Waals surface area contributed by atoms with Crippen LogP contribution in [0.2, 0.25) is 0 Å². The van der Waals surface area contributed by atoms with Gasteiger partial charge in [0.2, 0.25) is 0 Å². The van der Waals surface area contributed by atoms with Gasteiger partial charge in [0.1, 0.15) is 13.2 Å². The highest BCUT2D eigenvalue weighted by Crippen LogP contribution is 2.54. The number of nitrogens with zero attached hydrogens (tertiary/aromatic N) is 3. The normalized spacial score (nSPS) is 13.7. The second kappa shape index (κ2) is 21.5. The largest absolute Gasteiger partial charge is 0.485 e. The second-order valence-electron chi connectivity index (χ2n) is 15.5. The molecule has 67 heavy (non-hydrogen) atoms. The molecule has 1 aromatic heterocycles. The van der Waals surface area contributed by atoms with Gasteiger partial charge in [-0.1, -0.05) is 110 Å². The summed E-state index contributed by atoms with van der Waals surface area (Å²) in [5.41, 5.74) is 6.61. The van der Waals surface area contributed by atoms with Gasteiger partial charge < -0.3 is 14.2 Å². The number of hydrogen-bond acceptors (Lipinski definition) is 7. The zero-order valence-corrected chi connectivity index (χ0v) is 37.4. The van der Waals surface area contributed by atoms with Gasteiger partial charge in [0.25, 0.3) is 0 Å². The average molecular weight is 956 g/mol. The number of carbonyl (C=O) groups excluding carboxylic acids is 1. The quantitative estimate of drug-likeness (QED) is 0.0271. The number of alkyl halides is 9. The van der Waals surface area contributed by atoms with E-state index in [-0.39, 0.29) is 18.1 Å². The molecule has 0 fully saturated rings. The molecule has 0 N–H and O–H groups in total. The van der Waals surface area contributed by atoms with Crippen LogP contribution in [0.5, 0.6) is 11.5 Å². The van der Waals surface area contributed by atoms with Crippen molar-refractivity contribution in [1.82, 2.24) is 5.01 Å². The van der Waals surface area contributed by atoms with Crippen molar-refractivity contribution < 1.29 is 58.5 Å². The SMILES string of the molecule is CCCN(Cc1ccc(CCC(F)(F)C(F)(F)C(F)(F)C(F)(F)F)cc1)N=Nc1ccc(/C=C/c2sc(/C=C/c3ccc(/C=C/c4ccc(C(=O)OC)cc4)cc3)c3c2OCCO3)cc1CC. The first-order chi connectivity index (χ1) is 31.8. The van der Waals surface area contributed by atoms with Crippen LogP contribution >= 0.6 is 11.3 Å². The zero-order chi connectivity index (χ0) is 48.4. The highest BCUT2D eigenvalue weighted by atomic mass is 32.1. The Kier molecular flexibility index (Phi) is 16.1. The molecule has 354 valence electrons. The number of aryl methyl sites for hydroxylation is 2. The van der Waals surface area contributed by atoms with Gasteiger partial charge in [-0.15, -0.1) is 16.5 Å². The Labute approximate surface area is 385 Å². The van der Waals surface area contributed by atoms with E-state index >= 15 is 0 Å². The molecule has 6 rings (SSSR count). The van der Waals surface area contributed by atoms with Gasteiger partial charge in [-0.25, -0.2) is 4.79 Å². The molecule has 1 aliphatic rings. The maximum Gasteiger partial charge on any atom is 0.460 e. The van der Waals surface area contributed by atoms with Crippen LogP contribution < -0.4 is 9.47 Å². The van der Waals surface area contributed by atoms with Crippen molar-refractivity contribution in [1.29, 1.82) is 0 Å². The van der Waals surface area contributed by atoms with E-state index in [2.05, 4.69) is 10.3 Å². The third kappa shape index (κ3) is 12.2.